The summed E-state index contributed by atoms with van der Waals surface area (Å²) in [5.41, 5.74) is 16.7. The average molecular weight is 792 g/mol. The van der Waals surface area contributed by atoms with Crippen LogP contribution in [0.15, 0.2) is 229 Å². The van der Waals surface area contributed by atoms with Crippen molar-refractivity contribution in [2.45, 2.75) is 0 Å². The summed E-state index contributed by atoms with van der Waals surface area (Å²) in [5.74, 6) is 0.635. The predicted molar refractivity (Wildman–Crippen MR) is 256 cm³/mol. The van der Waals surface area contributed by atoms with Crippen molar-refractivity contribution in [2.24, 2.45) is 0 Å². The summed E-state index contributed by atoms with van der Waals surface area (Å²) in [6.45, 7) is 0. The van der Waals surface area contributed by atoms with Gasteiger partial charge < -0.3 is 8.98 Å². The number of aromatic nitrogens is 3. The van der Waals surface area contributed by atoms with Gasteiger partial charge in [-0.3, -0.25) is 0 Å². The molecule has 4 heteroatoms. The number of rotatable bonds is 7. The van der Waals surface area contributed by atoms with Crippen LogP contribution >= 0.6 is 0 Å². The van der Waals surface area contributed by atoms with Crippen molar-refractivity contribution >= 4 is 43.7 Å². The molecule has 0 unspecified atom stereocenters. The molecule has 0 saturated heterocycles. The average Bonchev–Trinajstić information content (AvgIpc) is 3.90. The molecule has 0 aliphatic rings. The van der Waals surface area contributed by atoms with Crippen LogP contribution in [0.3, 0.4) is 0 Å². The molecular formula is C58H37N3O. The van der Waals surface area contributed by atoms with Crippen LogP contribution in [0.4, 0.5) is 0 Å². The van der Waals surface area contributed by atoms with E-state index in [0.29, 0.717) is 5.82 Å². The molecule has 0 atom stereocenters. The molecule has 290 valence electrons. The summed E-state index contributed by atoms with van der Waals surface area (Å²) in [6, 6.07) is 79.1. The molecular weight excluding hydrogens is 755 g/mol. The first-order valence-electron chi connectivity index (χ1n) is 21.0. The van der Waals surface area contributed by atoms with E-state index >= 15 is 0 Å². The highest BCUT2D eigenvalue weighted by molar-refractivity contribution is 6.15. The highest BCUT2D eigenvalue weighted by atomic mass is 16.3. The van der Waals surface area contributed by atoms with Crippen LogP contribution in [-0.4, -0.2) is 14.5 Å². The molecule has 0 bridgehead atoms. The molecule has 0 fully saturated rings. The van der Waals surface area contributed by atoms with Crippen molar-refractivity contribution in [3.05, 3.63) is 224 Å². The van der Waals surface area contributed by atoms with Crippen LogP contribution in [-0.2, 0) is 0 Å². The molecule has 0 radical (unpaired) electrons. The Morgan fingerprint density at radius 3 is 1.44 bits per heavy atom. The lowest BCUT2D eigenvalue weighted by atomic mass is 10.0. The van der Waals surface area contributed by atoms with Gasteiger partial charge in [-0.25, -0.2) is 9.97 Å². The number of benzene rings is 9. The van der Waals surface area contributed by atoms with Gasteiger partial charge in [0.05, 0.1) is 33.5 Å². The van der Waals surface area contributed by atoms with Crippen molar-refractivity contribution in [3.8, 4) is 73.0 Å². The van der Waals surface area contributed by atoms with Crippen LogP contribution in [0, 0.1) is 0 Å². The Morgan fingerprint density at radius 2 is 0.806 bits per heavy atom. The maximum Gasteiger partial charge on any atom is 0.160 e. The first kappa shape index (κ1) is 35.6. The smallest absolute Gasteiger partial charge is 0.160 e. The Hall–Kier alpha value is -8.34. The highest BCUT2D eigenvalue weighted by Crippen LogP contribution is 2.41. The Balaban J connectivity index is 0.988. The van der Waals surface area contributed by atoms with E-state index in [1.807, 2.05) is 12.1 Å². The summed E-state index contributed by atoms with van der Waals surface area (Å²) >= 11 is 0. The number of fused-ring (bicyclic) bond motifs is 6. The van der Waals surface area contributed by atoms with E-state index in [-0.39, 0.29) is 0 Å². The van der Waals surface area contributed by atoms with E-state index < -0.39 is 0 Å². The van der Waals surface area contributed by atoms with E-state index in [2.05, 4.69) is 217 Å². The van der Waals surface area contributed by atoms with E-state index in [0.717, 1.165) is 77.9 Å². The van der Waals surface area contributed by atoms with Crippen molar-refractivity contribution < 1.29 is 4.42 Å². The van der Waals surface area contributed by atoms with Crippen molar-refractivity contribution in [2.75, 3.05) is 0 Å². The van der Waals surface area contributed by atoms with Crippen LogP contribution in [0.25, 0.3) is 117 Å². The van der Waals surface area contributed by atoms with Crippen molar-refractivity contribution in [1.29, 1.82) is 0 Å². The standard InChI is InChI=1S/C58H37N3O/c1-4-13-38(14-5-1)41-23-27-43(28-24-41)50-37-51(44-29-25-42(26-30-44)39-15-6-2-7-16-39)60-58(59-50)46-31-33-48-56(36-46)62-55-22-12-21-54(57(48)55)61-52-20-11-10-19-47(52)49-35-45(32-34-53(49)61)40-17-8-3-9-18-40/h1-37H. The fraction of sp³-hybridized carbons (Fsp3) is 0. The van der Waals surface area contributed by atoms with Crippen molar-refractivity contribution in [1.82, 2.24) is 14.5 Å². The molecule has 0 saturated carbocycles. The van der Waals surface area contributed by atoms with Gasteiger partial charge in [-0.15, -0.1) is 0 Å². The molecule has 62 heavy (non-hydrogen) atoms. The topological polar surface area (TPSA) is 43.9 Å². The zero-order chi connectivity index (χ0) is 41.0. The molecule has 9 aromatic carbocycles. The summed E-state index contributed by atoms with van der Waals surface area (Å²) in [5, 5.41) is 4.53. The largest absolute Gasteiger partial charge is 0.456 e. The van der Waals surface area contributed by atoms with Gasteiger partial charge in [0.25, 0.3) is 0 Å². The Labute approximate surface area is 358 Å². The Morgan fingerprint density at radius 1 is 0.306 bits per heavy atom. The number of hydrogen-bond acceptors (Lipinski definition) is 3. The second-order valence-electron chi connectivity index (χ2n) is 15.8. The maximum atomic E-state index is 6.73. The highest BCUT2D eigenvalue weighted by Gasteiger charge is 2.20. The quantitative estimate of drug-likeness (QED) is 0.161. The van der Waals surface area contributed by atoms with Gasteiger partial charge in [0.1, 0.15) is 11.2 Å². The van der Waals surface area contributed by atoms with Crippen molar-refractivity contribution in [3.63, 3.8) is 0 Å². The summed E-state index contributed by atoms with van der Waals surface area (Å²) in [6.07, 6.45) is 0. The summed E-state index contributed by atoms with van der Waals surface area (Å²) in [7, 11) is 0. The monoisotopic (exact) mass is 791 g/mol. The van der Waals surface area contributed by atoms with Crippen LogP contribution < -0.4 is 0 Å². The maximum absolute atomic E-state index is 6.73. The summed E-state index contributed by atoms with van der Waals surface area (Å²) < 4.78 is 9.11. The van der Waals surface area contributed by atoms with Gasteiger partial charge in [0.15, 0.2) is 5.82 Å². The number of nitrogens with zero attached hydrogens (tertiary/aromatic N) is 3. The molecule has 3 heterocycles. The molecule has 0 amide bonds. The molecule has 0 aliphatic carbocycles. The summed E-state index contributed by atoms with van der Waals surface area (Å²) in [4.78, 5) is 10.5. The van der Waals surface area contributed by atoms with Gasteiger partial charge in [-0.05, 0) is 81.9 Å². The van der Waals surface area contributed by atoms with Gasteiger partial charge in [-0.2, -0.15) is 0 Å². The predicted octanol–water partition coefficient (Wildman–Crippen LogP) is 15.5. The van der Waals surface area contributed by atoms with Gasteiger partial charge in [0, 0.05) is 32.8 Å². The first-order chi connectivity index (χ1) is 30.7. The molecule has 0 N–H and O–H groups in total. The lowest BCUT2D eigenvalue weighted by molar-refractivity contribution is 0.669. The Bertz CT molecular complexity index is 3490. The third kappa shape index (κ3) is 6.16. The van der Waals surface area contributed by atoms with E-state index in [1.165, 1.54) is 33.0 Å². The minimum Gasteiger partial charge on any atom is -0.456 e. The van der Waals surface area contributed by atoms with Crippen LogP contribution in [0.5, 0.6) is 0 Å². The zero-order valence-corrected chi connectivity index (χ0v) is 33.6. The normalized spacial score (nSPS) is 11.5. The van der Waals surface area contributed by atoms with E-state index in [4.69, 9.17) is 14.4 Å². The van der Waals surface area contributed by atoms with Crippen LogP contribution in [0.2, 0.25) is 0 Å². The number of para-hydroxylation sites is 1. The number of furan rings is 1. The molecule has 3 aromatic heterocycles. The SMILES string of the molecule is c1ccc(-c2ccc(-c3cc(-c4ccc(-c5ccccc5)cc4)nc(-c4ccc5c(c4)oc4cccc(-n6c7ccccc7c7cc(-c8ccccc8)ccc76)c45)n3)cc2)cc1. The lowest BCUT2D eigenvalue weighted by Gasteiger charge is -2.11. The van der Waals surface area contributed by atoms with Gasteiger partial charge in [-0.1, -0.05) is 176 Å². The van der Waals surface area contributed by atoms with Crippen LogP contribution in [0.1, 0.15) is 0 Å². The third-order valence-electron chi connectivity index (χ3n) is 12.1. The zero-order valence-electron chi connectivity index (χ0n) is 33.6. The number of hydrogen-bond donors (Lipinski definition) is 0. The minimum atomic E-state index is 0.635. The second kappa shape index (κ2) is 14.7. The molecule has 12 rings (SSSR count). The second-order valence-corrected chi connectivity index (χ2v) is 15.8. The molecule has 0 spiro atoms. The van der Waals surface area contributed by atoms with Gasteiger partial charge >= 0.3 is 0 Å². The Kier molecular flexibility index (Phi) is 8.46. The molecule has 12 aromatic rings. The third-order valence-corrected chi connectivity index (χ3v) is 12.1. The minimum absolute atomic E-state index is 0.635. The first-order valence-corrected chi connectivity index (χ1v) is 21.0. The fourth-order valence-corrected chi connectivity index (χ4v) is 8.98. The van der Waals surface area contributed by atoms with Gasteiger partial charge in [0.2, 0.25) is 0 Å². The fourth-order valence-electron chi connectivity index (χ4n) is 8.98. The van der Waals surface area contributed by atoms with E-state index in [9.17, 15) is 0 Å². The molecule has 4 nitrogen and oxygen atoms in total. The van der Waals surface area contributed by atoms with E-state index in [1.54, 1.807) is 0 Å². The molecule has 0 aliphatic heterocycles. The lowest BCUT2D eigenvalue weighted by Crippen LogP contribution is -1.96.